The molecule has 0 unspecified atom stereocenters. The maximum absolute atomic E-state index is 12.1. The first-order valence-corrected chi connectivity index (χ1v) is 8.75. The Labute approximate surface area is 149 Å². The maximum atomic E-state index is 12.1. The number of morpholine rings is 1. The summed E-state index contributed by atoms with van der Waals surface area (Å²) in [6.07, 6.45) is 1.53. The molecule has 7 nitrogen and oxygen atoms in total. The van der Waals surface area contributed by atoms with E-state index in [-0.39, 0.29) is 11.5 Å². The zero-order valence-electron chi connectivity index (χ0n) is 15.4. The second-order valence-electron chi connectivity index (χ2n) is 6.90. The molecular formula is C18H29N3O4. The standard InChI is InChI=1S/C18H29N3O4/c1-18(2,3)25-13-12-24-16-5-4-15(14-20-16)17(22)19-6-7-21-8-10-23-11-9-21/h4-5,14H,6-13H2,1-3H3,(H,19,22). The van der Waals surface area contributed by atoms with E-state index in [0.29, 0.717) is 31.2 Å². The summed E-state index contributed by atoms with van der Waals surface area (Å²) in [7, 11) is 0. The fourth-order valence-electron chi connectivity index (χ4n) is 2.35. The van der Waals surface area contributed by atoms with E-state index in [4.69, 9.17) is 14.2 Å². The molecule has 2 heterocycles. The first-order chi connectivity index (χ1) is 11.9. The number of hydrogen-bond acceptors (Lipinski definition) is 6. The van der Waals surface area contributed by atoms with Gasteiger partial charge < -0.3 is 19.5 Å². The summed E-state index contributed by atoms with van der Waals surface area (Å²) >= 11 is 0. The molecule has 25 heavy (non-hydrogen) atoms. The molecule has 1 aromatic rings. The highest BCUT2D eigenvalue weighted by molar-refractivity contribution is 5.93. The first kappa shape index (κ1) is 19.6. The van der Waals surface area contributed by atoms with Crippen molar-refractivity contribution < 1.29 is 19.0 Å². The summed E-state index contributed by atoms with van der Waals surface area (Å²) in [5.41, 5.74) is 0.347. The molecule has 0 atom stereocenters. The molecule has 1 aliphatic heterocycles. The highest BCUT2D eigenvalue weighted by Gasteiger charge is 2.12. The first-order valence-electron chi connectivity index (χ1n) is 8.75. The minimum Gasteiger partial charge on any atom is -0.475 e. The molecule has 0 saturated carbocycles. The third kappa shape index (κ3) is 7.81. The average Bonchev–Trinajstić information content (AvgIpc) is 2.59. The third-order valence-corrected chi connectivity index (χ3v) is 3.68. The number of amides is 1. The predicted molar refractivity (Wildman–Crippen MR) is 95.0 cm³/mol. The molecule has 0 aromatic carbocycles. The predicted octanol–water partition coefficient (Wildman–Crippen LogP) is 1.34. The van der Waals surface area contributed by atoms with Crippen LogP contribution in [0.4, 0.5) is 0 Å². The van der Waals surface area contributed by atoms with Crippen molar-refractivity contribution in [1.29, 1.82) is 0 Å². The Hall–Kier alpha value is -1.70. The highest BCUT2D eigenvalue weighted by atomic mass is 16.5. The molecule has 0 bridgehead atoms. The van der Waals surface area contributed by atoms with Crippen LogP contribution in [-0.4, -0.2) is 74.0 Å². The van der Waals surface area contributed by atoms with Crippen LogP contribution in [0.25, 0.3) is 0 Å². The van der Waals surface area contributed by atoms with Crippen molar-refractivity contribution in [2.75, 3.05) is 52.6 Å². The zero-order chi connectivity index (χ0) is 18.1. The Morgan fingerprint density at radius 2 is 2.04 bits per heavy atom. The quantitative estimate of drug-likeness (QED) is 0.713. The van der Waals surface area contributed by atoms with Gasteiger partial charge in [0.25, 0.3) is 5.91 Å². The molecule has 2 rings (SSSR count). The molecule has 0 aliphatic carbocycles. The van der Waals surface area contributed by atoms with Gasteiger partial charge in [0.2, 0.25) is 5.88 Å². The van der Waals surface area contributed by atoms with E-state index < -0.39 is 0 Å². The van der Waals surface area contributed by atoms with Crippen LogP contribution in [0.5, 0.6) is 5.88 Å². The molecule has 140 valence electrons. The molecule has 1 N–H and O–H groups in total. The Balaban J connectivity index is 1.66. The Morgan fingerprint density at radius 1 is 1.28 bits per heavy atom. The number of nitrogens with one attached hydrogen (secondary N) is 1. The lowest BCUT2D eigenvalue weighted by molar-refractivity contribution is -0.0168. The van der Waals surface area contributed by atoms with Gasteiger partial charge in [-0.3, -0.25) is 9.69 Å². The summed E-state index contributed by atoms with van der Waals surface area (Å²) in [5, 5.41) is 2.91. The van der Waals surface area contributed by atoms with Crippen LogP contribution in [0, 0.1) is 0 Å². The minimum absolute atomic E-state index is 0.122. The van der Waals surface area contributed by atoms with Crippen molar-refractivity contribution in [2.24, 2.45) is 0 Å². The normalized spacial score (nSPS) is 15.8. The average molecular weight is 351 g/mol. The number of carbonyl (C=O) groups excluding carboxylic acids is 1. The van der Waals surface area contributed by atoms with E-state index in [1.807, 2.05) is 20.8 Å². The van der Waals surface area contributed by atoms with E-state index in [1.165, 1.54) is 6.20 Å². The van der Waals surface area contributed by atoms with Gasteiger partial charge in [-0.15, -0.1) is 0 Å². The van der Waals surface area contributed by atoms with Gasteiger partial charge in [0.15, 0.2) is 0 Å². The van der Waals surface area contributed by atoms with Crippen molar-refractivity contribution in [3.8, 4) is 5.88 Å². The number of rotatable bonds is 8. The van der Waals surface area contributed by atoms with Crippen LogP contribution in [0.3, 0.4) is 0 Å². The third-order valence-electron chi connectivity index (χ3n) is 3.68. The van der Waals surface area contributed by atoms with E-state index in [0.717, 1.165) is 32.8 Å². The molecule has 0 radical (unpaired) electrons. The summed E-state index contributed by atoms with van der Waals surface area (Å²) in [6, 6.07) is 3.42. The van der Waals surface area contributed by atoms with Crippen LogP contribution < -0.4 is 10.1 Å². The topological polar surface area (TPSA) is 72.9 Å². The van der Waals surface area contributed by atoms with Gasteiger partial charge >= 0.3 is 0 Å². The van der Waals surface area contributed by atoms with Gasteiger partial charge in [0, 0.05) is 38.4 Å². The van der Waals surface area contributed by atoms with E-state index in [9.17, 15) is 4.79 Å². The van der Waals surface area contributed by atoms with Gasteiger partial charge in [-0.2, -0.15) is 0 Å². The van der Waals surface area contributed by atoms with E-state index in [2.05, 4.69) is 15.2 Å². The van der Waals surface area contributed by atoms with Gasteiger partial charge in [0.1, 0.15) is 6.61 Å². The van der Waals surface area contributed by atoms with Crippen molar-refractivity contribution in [3.63, 3.8) is 0 Å². The number of aromatic nitrogens is 1. The molecule has 1 amide bonds. The summed E-state index contributed by atoms with van der Waals surface area (Å²) in [5.74, 6) is 0.366. The van der Waals surface area contributed by atoms with Crippen LogP contribution >= 0.6 is 0 Å². The maximum Gasteiger partial charge on any atom is 0.252 e. The van der Waals surface area contributed by atoms with Crippen LogP contribution in [-0.2, 0) is 9.47 Å². The number of ether oxygens (including phenoxy) is 3. The lowest BCUT2D eigenvalue weighted by atomic mass is 10.2. The summed E-state index contributed by atoms with van der Waals surface area (Å²) in [6.45, 7) is 11.7. The number of carbonyl (C=O) groups is 1. The lowest BCUT2D eigenvalue weighted by Crippen LogP contribution is -2.41. The van der Waals surface area contributed by atoms with Crippen LogP contribution in [0.1, 0.15) is 31.1 Å². The SMILES string of the molecule is CC(C)(C)OCCOc1ccc(C(=O)NCCN2CCOCC2)cn1. The number of nitrogens with zero attached hydrogens (tertiary/aromatic N) is 2. The van der Waals surface area contributed by atoms with Crippen LogP contribution in [0.2, 0.25) is 0 Å². The lowest BCUT2D eigenvalue weighted by Gasteiger charge is -2.26. The van der Waals surface area contributed by atoms with Crippen molar-refractivity contribution >= 4 is 5.91 Å². The molecule has 0 spiro atoms. The zero-order valence-corrected chi connectivity index (χ0v) is 15.4. The monoisotopic (exact) mass is 351 g/mol. The Bertz CT molecular complexity index is 522. The fourth-order valence-corrected chi connectivity index (χ4v) is 2.35. The van der Waals surface area contributed by atoms with Gasteiger partial charge in [0.05, 0.1) is 31.0 Å². The molecule has 7 heteroatoms. The van der Waals surface area contributed by atoms with E-state index in [1.54, 1.807) is 12.1 Å². The molecule has 1 saturated heterocycles. The van der Waals surface area contributed by atoms with Crippen molar-refractivity contribution in [3.05, 3.63) is 23.9 Å². The summed E-state index contributed by atoms with van der Waals surface area (Å²) in [4.78, 5) is 18.6. The molecule has 1 aliphatic rings. The second kappa shape index (κ2) is 9.70. The van der Waals surface area contributed by atoms with E-state index >= 15 is 0 Å². The van der Waals surface area contributed by atoms with Crippen LogP contribution in [0.15, 0.2) is 18.3 Å². The highest BCUT2D eigenvalue weighted by Crippen LogP contribution is 2.09. The second-order valence-corrected chi connectivity index (χ2v) is 6.90. The number of pyridine rings is 1. The molecule has 1 aromatic heterocycles. The minimum atomic E-state index is -0.181. The van der Waals surface area contributed by atoms with Gasteiger partial charge in [-0.25, -0.2) is 4.98 Å². The summed E-state index contributed by atoms with van der Waals surface area (Å²) < 4.78 is 16.4. The van der Waals surface area contributed by atoms with Gasteiger partial charge in [-0.05, 0) is 26.8 Å². The Morgan fingerprint density at radius 3 is 2.68 bits per heavy atom. The Kier molecular flexibility index (Phi) is 7.61. The largest absolute Gasteiger partial charge is 0.475 e. The molecular weight excluding hydrogens is 322 g/mol. The fraction of sp³-hybridized carbons (Fsp3) is 0.667. The van der Waals surface area contributed by atoms with Gasteiger partial charge in [-0.1, -0.05) is 0 Å². The molecule has 1 fully saturated rings. The van der Waals surface area contributed by atoms with Crippen molar-refractivity contribution in [1.82, 2.24) is 15.2 Å². The number of hydrogen-bond donors (Lipinski definition) is 1. The van der Waals surface area contributed by atoms with Crippen molar-refractivity contribution in [2.45, 2.75) is 26.4 Å². The smallest absolute Gasteiger partial charge is 0.252 e.